The highest BCUT2D eigenvalue weighted by Crippen LogP contribution is 2.07. The molecule has 1 N–H and O–H groups in total. The second-order valence-electron chi connectivity index (χ2n) is 2.54. The molecule has 1 heterocycles. The van der Waals surface area contributed by atoms with Crippen molar-refractivity contribution in [2.75, 3.05) is 6.54 Å². The molecule has 1 amide bonds. The van der Waals surface area contributed by atoms with Crippen LogP contribution in [0.1, 0.15) is 22.5 Å². The van der Waals surface area contributed by atoms with Crippen LogP contribution in [0.3, 0.4) is 0 Å². The van der Waals surface area contributed by atoms with E-state index in [0.29, 0.717) is 13.0 Å². The third-order valence-corrected chi connectivity index (χ3v) is 2.40. The van der Waals surface area contributed by atoms with Gasteiger partial charge >= 0.3 is 0 Å². The summed E-state index contributed by atoms with van der Waals surface area (Å²) in [5, 5.41) is 4.68. The monoisotopic (exact) mass is 193 g/mol. The molecule has 2 nitrogen and oxygen atoms in total. The minimum absolute atomic E-state index is 0.00739. The Bertz CT molecular complexity index is 297. The average Bonchev–Trinajstić information content (AvgIpc) is 2.65. The van der Waals surface area contributed by atoms with E-state index in [-0.39, 0.29) is 5.91 Å². The van der Waals surface area contributed by atoms with Gasteiger partial charge in [-0.1, -0.05) is 6.07 Å². The van der Waals surface area contributed by atoms with Gasteiger partial charge in [-0.05, 0) is 17.9 Å². The third-order valence-electron chi connectivity index (χ3n) is 1.53. The fourth-order valence-electron chi connectivity index (χ4n) is 0.887. The van der Waals surface area contributed by atoms with Crippen LogP contribution in [-0.2, 0) is 0 Å². The normalized spacial score (nSPS) is 9.15. The summed E-state index contributed by atoms with van der Waals surface area (Å²) in [7, 11) is 0. The number of carbonyl (C=O) groups excluding carboxylic acids is 1. The van der Waals surface area contributed by atoms with E-state index in [0.717, 1.165) is 11.3 Å². The summed E-state index contributed by atoms with van der Waals surface area (Å²) in [4.78, 5) is 12.1. The first-order valence-electron chi connectivity index (χ1n) is 4.10. The second-order valence-corrected chi connectivity index (χ2v) is 3.49. The Balaban J connectivity index is 2.24. The molecule has 0 aliphatic heterocycles. The van der Waals surface area contributed by atoms with Gasteiger partial charge in [-0.15, -0.1) is 23.7 Å². The van der Waals surface area contributed by atoms with Gasteiger partial charge in [0.25, 0.3) is 5.91 Å². The summed E-state index contributed by atoms with van der Waals surface area (Å²) in [6.07, 6.45) is 6.63. The molecule has 0 aromatic carbocycles. The third kappa shape index (κ3) is 3.30. The number of hydrogen-bond acceptors (Lipinski definition) is 2. The van der Waals surface area contributed by atoms with Crippen LogP contribution >= 0.6 is 11.3 Å². The van der Waals surface area contributed by atoms with Gasteiger partial charge in [-0.3, -0.25) is 4.79 Å². The molecule has 0 aliphatic carbocycles. The van der Waals surface area contributed by atoms with Crippen LogP contribution < -0.4 is 5.32 Å². The quantitative estimate of drug-likeness (QED) is 0.574. The second kappa shape index (κ2) is 5.39. The van der Waals surface area contributed by atoms with E-state index < -0.39 is 0 Å². The maximum Gasteiger partial charge on any atom is 0.261 e. The molecule has 0 aliphatic rings. The minimum Gasteiger partial charge on any atom is -0.351 e. The Morgan fingerprint density at radius 2 is 2.54 bits per heavy atom. The van der Waals surface area contributed by atoms with E-state index in [2.05, 4.69) is 11.2 Å². The molecule has 0 saturated carbocycles. The number of hydrogen-bond donors (Lipinski definition) is 1. The molecule has 0 spiro atoms. The summed E-state index contributed by atoms with van der Waals surface area (Å²) >= 11 is 1.44. The van der Waals surface area contributed by atoms with Crippen molar-refractivity contribution in [1.29, 1.82) is 0 Å². The maximum atomic E-state index is 11.3. The Morgan fingerprint density at radius 1 is 1.69 bits per heavy atom. The minimum atomic E-state index is -0.00739. The van der Waals surface area contributed by atoms with Gasteiger partial charge in [0, 0.05) is 13.0 Å². The Kier molecular flexibility index (Phi) is 4.07. The van der Waals surface area contributed by atoms with Crippen molar-refractivity contribution in [3.05, 3.63) is 22.4 Å². The zero-order chi connectivity index (χ0) is 9.52. The van der Waals surface area contributed by atoms with E-state index in [1.807, 2.05) is 11.4 Å². The van der Waals surface area contributed by atoms with Crippen molar-refractivity contribution >= 4 is 17.2 Å². The highest BCUT2D eigenvalue weighted by atomic mass is 32.1. The molecule has 0 unspecified atom stereocenters. The van der Waals surface area contributed by atoms with Crippen LogP contribution in [0.15, 0.2) is 17.5 Å². The van der Waals surface area contributed by atoms with E-state index in [4.69, 9.17) is 6.42 Å². The molecule has 1 aromatic rings. The SMILES string of the molecule is C#CCCCNC(=O)c1cccs1. The van der Waals surface area contributed by atoms with Crippen LogP contribution in [0.4, 0.5) is 0 Å². The van der Waals surface area contributed by atoms with Crippen molar-refractivity contribution < 1.29 is 4.79 Å². The van der Waals surface area contributed by atoms with Gasteiger partial charge < -0.3 is 5.32 Å². The Hall–Kier alpha value is -1.27. The summed E-state index contributed by atoms with van der Waals surface area (Å²) in [5.74, 6) is 2.52. The summed E-state index contributed by atoms with van der Waals surface area (Å²) in [6, 6.07) is 3.67. The zero-order valence-electron chi connectivity index (χ0n) is 7.25. The van der Waals surface area contributed by atoms with Crippen LogP contribution in [-0.4, -0.2) is 12.5 Å². The maximum absolute atomic E-state index is 11.3. The fourth-order valence-corrected chi connectivity index (χ4v) is 1.53. The number of rotatable bonds is 4. The van der Waals surface area contributed by atoms with Crippen LogP contribution in [0, 0.1) is 12.3 Å². The van der Waals surface area contributed by atoms with Gasteiger partial charge in [-0.25, -0.2) is 0 Å². The van der Waals surface area contributed by atoms with Gasteiger partial charge in [0.1, 0.15) is 0 Å². The topological polar surface area (TPSA) is 29.1 Å². The van der Waals surface area contributed by atoms with E-state index in [1.54, 1.807) is 6.07 Å². The van der Waals surface area contributed by atoms with E-state index >= 15 is 0 Å². The summed E-state index contributed by atoms with van der Waals surface area (Å²) < 4.78 is 0. The largest absolute Gasteiger partial charge is 0.351 e. The lowest BCUT2D eigenvalue weighted by Gasteiger charge is -2.00. The molecule has 0 fully saturated rings. The van der Waals surface area contributed by atoms with Gasteiger partial charge in [-0.2, -0.15) is 0 Å². The Labute approximate surface area is 82.0 Å². The van der Waals surface area contributed by atoms with Crippen molar-refractivity contribution in [1.82, 2.24) is 5.32 Å². The number of carbonyl (C=O) groups is 1. The van der Waals surface area contributed by atoms with Crippen LogP contribution in [0.2, 0.25) is 0 Å². The molecule has 0 bridgehead atoms. The van der Waals surface area contributed by atoms with Crippen LogP contribution in [0.25, 0.3) is 0 Å². The highest BCUT2D eigenvalue weighted by molar-refractivity contribution is 7.12. The van der Waals surface area contributed by atoms with Gasteiger partial charge in [0.2, 0.25) is 0 Å². The zero-order valence-corrected chi connectivity index (χ0v) is 8.06. The van der Waals surface area contributed by atoms with Crippen molar-refractivity contribution in [2.24, 2.45) is 0 Å². The number of amides is 1. The van der Waals surface area contributed by atoms with Crippen molar-refractivity contribution in [3.8, 4) is 12.3 Å². The number of thiophene rings is 1. The Morgan fingerprint density at radius 3 is 3.15 bits per heavy atom. The smallest absolute Gasteiger partial charge is 0.261 e. The lowest BCUT2D eigenvalue weighted by atomic mass is 10.3. The molecule has 0 atom stereocenters. The van der Waals surface area contributed by atoms with Crippen molar-refractivity contribution in [2.45, 2.75) is 12.8 Å². The van der Waals surface area contributed by atoms with Crippen LogP contribution in [0.5, 0.6) is 0 Å². The lowest BCUT2D eigenvalue weighted by Crippen LogP contribution is -2.23. The molecule has 0 saturated heterocycles. The average molecular weight is 193 g/mol. The van der Waals surface area contributed by atoms with Crippen molar-refractivity contribution in [3.63, 3.8) is 0 Å². The summed E-state index contributed by atoms with van der Waals surface area (Å²) in [5.41, 5.74) is 0. The molecule has 68 valence electrons. The number of terminal acetylenes is 1. The molecule has 1 rings (SSSR count). The first-order valence-corrected chi connectivity index (χ1v) is 4.97. The predicted molar refractivity (Wildman–Crippen MR) is 54.7 cm³/mol. The van der Waals surface area contributed by atoms with E-state index in [1.165, 1.54) is 11.3 Å². The number of nitrogens with one attached hydrogen (secondary N) is 1. The first-order chi connectivity index (χ1) is 6.34. The molecular weight excluding hydrogens is 182 g/mol. The molecule has 3 heteroatoms. The van der Waals surface area contributed by atoms with Gasteiger partial charge in [0.15, 0.2) is 0 Å². The molecular formula is C10H11NOS. The molecule has 0 radical (unpaired) electrons. The highest BCUT2D eigenvalue weighted by Gasteiger charge is 2.03. The summed E-state index contributed by atoms with van der Waals surface area (Å²) in [6.45, 7) is 0.654. The van der Waals surface area contributed by atoms with E-state index in [9.17, 15) is 4.79 Å². The fraction of sp³-hybridized carbons (Fsp3) is 0.300. The first kappa shape index (κ1) is 9.82. The standard InChI is InChI=1S/C10H11NOS/c1-2-3-4-7-11-10(12)9-6-5-8-13-9/h1,5-6,8H,3-4,7H2,(H,11,12). The lowest BCUT2D eigenvalue weighted by molar-refractivity contribution is 0.0957. The molecule has 13 heavy (non-hydrogen) atoms. The predicted octanol–water partition coefficient (Wildman–Crippen LogP) is 1.89. The molecule has 1 aromatic heterocycles. The van der Waals surface area contributed by atoms with Gasteiger partial charge in [0.05, 0.1) is 4.88 Å². The number of unbranched alkanes of at least 4 members (excludes halogenated alkanes) is 1.